The van der Waals surface area contributed by atoms with Gasteiger partial charge in [-0.3, -0.25) is 18.3 Å². The molecule has 13 heterocycles. The molecule has 16 N–H and O–H groups in total. The number of fused-ring (bicyclic) bond motifs is 6. The highest BCUT2D eigenvalue weighted by Gasteiger charge is 2.62. The van der Waals surface area contributed by atoms with Gasteiger partial charge in [0.05, 0.1) is 72.5 Å². The van der Waals surface area contributed by atoms with Crippen LogP contribution in [0.4, 0.5) is 22.7 Å². The van der Waals surface area contributed by atoms with E-state index in [-0.39, 0.29) is 0 Å². The maximum atomic E-state index is 10.8. The molecule has 0 aromatic carbocycles. The molecule has 526 valence electrons. The molecule has 96 heavy (non-hydrogen) atoms. The molecule has 5 saturated heterocycles. The van der Waals surface area contributed by atoms with Crippen molar-refractivity contribution in [3.05, 3.63) is 74.4 Å². The summed E-state index contributed by atoms with van der Waals surface area (Å²) in [6.07, 6.45) is 25.3. The van der Waals surface area contributed by atoms with E-state index in [4.69, 9.17) is 46.6 Å². The average molecular weight is 1410 g/mol. The number of aromatic nitrogens is 12. The first kappa shape index (κ1) is 73.1. The fourth-order valence-corrected chi connectivity index (χ4v) is 16.4. The molecule has 0 unspecified atom stereocenters. The molecule has 0 spiro atoms. The minimum atomic E-state index is -2.45. The first-order valence-electron chi connectivity index (χ1n) is 31.5. The Balaban J connectivity index is 0.000000139. The summed E-state index contributed by atoms with van der Waals surface area (Å²) in [4.78, 5) is 34.1. The molecule has 15 atom stereocenters. The van der Waals surface area contributed by atoms with E-state index in [1.807, 2.05) is 11.5 Å². The van der Waals surface area contributed by atoms with Crippen molar-refractivity contribution in [2.45, 2.75) is 136 Å². The molecular formula is C63H96N16O13P4. The molecule has 33 heteroatoms. The van der Waals surface area contributed by atoms with Crippen LogP contribution < -0.4 is 22.9 Å². The predicted octanol–water partition coefficient (Wildman–Crippen LogP) is 3.44. The second-order valence-corrected chi connectivity index (χ2v) is 46.4. The number of hydrogen-bond donors (Lipinski definition) is 12. The van der Waals surface area contributed by atoms with Gasteiger partial charge in [0, 0.05) is 24.8 Å². The lowest BCUT2D eigenvalue weighted by atomic mass is 9.95. The van der Waals surface area contributed by atoms with Crippen LogP contribution in [0.15, 0.2) is 74.4 Å². The van der Waals surface area contributed by atoms with Gasteiger partial charge in [0.1, 0.15) is 69.9 Å². The van der Waals surface area contributed by atoms with E-state index in [1.165, 1.54) is 17.1 Å². The maximum Gasteiger partial charge on any atom is 0.239 e. The van der Waals surface area contributed by atoms with Gasteiger partial charge in [0.15, 0.2) is 47.5 Å². The molecule has 8 aromatic heterocycles. The second-order valence-electron chi connectivity index (χ2n) is 29.1. The summed E-state index contributed by atoms with van der Waals surface area (Å²) in [6, 6.07) is 6.67. The van der Waals surface area contributed by atoms with Crippen molar-refractivity contribution in [3.63, 3.8) is 0 Å². The second kappa shape index (κ2) is 27.1. The monoisotopic (exact) mass is 1410 g/mol. The van der Waals surface area contributed by atoms with Crippen molar-refractivity contribution in [2.75, 3.05) is 108 Å². The van der Waals surface area contributed by atoms with Gasteiger partial charge in [-0.15, -0.1) is 52.7 Å². The van der Waals surface area contributed by atoms with E-state index in [0.29, 0.717) is 93.3 Å². The number of nitrogens with two attached hydrogens (primary N) is 4. The lowest BCUT2D eigenvalue weighted by Crippen LogP contribution is -2.46. The van der Waals surface area contributed by atoms with Gasteiger partial charge < -0.3 is 87.5 Å². The zero-order chi connectivity index (χ0) is 70.2. The Hall–Kier alpha value is -5.64. The molecule has 0 radical (unpaired) electrons. The van der Waals surface area contributed by atoms with Crippen LogP contribution in [0, 0.1) is 0 Å². The van der Waals surface area contributed by atoms with Crippen LogP contribution in [0.2, 0.25) is 0 Å². The molecule has 0 amide bonds. The largest absolute Gasteiger partial charge is 0.397 e. The summed E-state index contributed by atoms with van der Waals surface area (Å²) in [5.41, 5.74) is 27.0. The van der Waals surface area contributed by atoms with E-state index >= 15 is 0 Å². The molecule has 0 saturated carbocycles. The number of ether oxygens (including phenoxy) is 5. The number of rotatable bonds is 16. The number of pyridine rings is 4. The van der Waals surface area contributed by atoms with Gasteiger partial charge >= 0.3 is 0 Å². The van der Waals surface area contributed by atoms with Crippen molar-refractivity contribution >= 4 is 120 Å². The van der Waals surface area contributed by atoms with E-state index in [2.05, 4.69) is 118 Å². The van der Waals surface area contributed by atoms with Crippen molar-refractivity contribution < 1.29 is 64.5 Å². The van der Waals surface area contributed by atoms with Crippen LogP contribution in [0.1, 0.15) is 64.4 Å². The molecule has 29 nitrogen and oxygen atoms in total. The van der Waals surface area contributed by atoms with Crippen LogP contribution in [0.5, 0.6) is 0 Å². The third-order valence-electron chi connectivity index (χ3n) is 18.3. The SMILES string of the molecule is C=P(C)(C)CC[C@@]1(C)O[C@@H](n2cnc3c(N)ccnc32)[C@H](O)[C@@H]1O.C=P(C)(C)CC[C@@]12CO[C@@H]([C@H](n3cnc4c(N)ccnc43)O1)[C@@H]2O.C=P(C)(C)CC[C@H]1O[C@@H](n2cnc3c(N)ccnc32)C(O)(O)[C@@H]1O.C=P(C)(C)CC[C@H]1O[C@@H](n2cnc3c(N)ccnc32)[C@](C)(O)[C@@H]1O. The highest BCUT2D eigenvalue weighted by Crippen LogP contribution is 2.51. The van der Waals surface area contributed by atoms with Crippen molar-refractivity contribution in [1.29, 1.82) is 0 Å². The number of hydrogen-bond acceptors (Lipinski definition) is 25. The van der Waals surface area contributed by atoms with Crippen LogP contribution in [-0.2, 0) is 23.7 Å². The third kappa shape index (κ3) is 15.0. The van der Waals surface area contributed by atoms with E-state index in [0.717, 1.165) is 31.1 Å². The van der Waals surface area contributed by atoms with Crippen molar-refractivity contribution in [3.8, 4) is 0 Å². The maximum absolute atomic E-state index is 10.8. The Morgan fingerprint density at radius 1 is 0.479 bits per heavy atom. The summed E-state index contributed by atoms with van der Waals surface area (Å²) in [5, 5.41) is 84.3. The summed E-state index contributed by atoms with van der Waals surface area (Å²) < 4.78 is 36.5. The summed E-state index contributed by atoms with van der Waals surface area (Å²) >= 11 is 0. The van der Waals surface area contributed by atoms with Gasteiger partial charge in [0.2, 0.25) is 5.79 Å². The summed E-state index contributed by atoms with van der Waals surface area (Å²) in [5.74, 6) is -2.45. The Labute approximate surface area is 558 Å². The van der Waals surface area contributed by atoms with Gasteiger partial charge in [-0.1, -0.05) is 0 Å². The summed E-state index contributed by atoms with van der Waals surface area (Å²) in [7, 11) is 0. The number of aliphatic hydroxyl groups excluding tert-OH is 5. The fraction of sp³-hybridized carbons (Fsp3) is 0.556. The van der Waals surface area contributed by atoms with Gasteiger partial charge in [-0.25, -0.2) is 39.9 Å². The molecule has 2 bridgehead atoms. The lowest BCUT2D eigenvalue weighted by Gasteiger charge is -2.32. The minimum Gasteiger partial charge on any atom is -0.397 e. The van der Waals surface area contributed by atoms with Gasteiger partial charge in [-0.05, 0) is 142 Å². The highest BCUT2D eigenvalue weighted by molar-refractivity contribution is 7.73. The molecule has 0 aliphatic carbocycles. The normalized spacial score (nSPS) is 30.4. The van der Waals surface area contributed by atoms with E-state index in [1.54, 1.807) is 77.9 Å². The van der Waals surface area contributed by atoms with Crippen molar-refractivity contribution in [2.24, 2.45) is 0 Å². The Kier molecular flexibility index (Phi) is 20.7. The lowest BCUT2D eigenvalue weighted by molar-refractivity contribution is -0.247. The molecule has 13 rings (SSSR count). The first-order chi connectivity index (χ1) is 44.6. The molecule has 5 aliphatic heterocycles. The Morgan fingerprint density at radius 3 is 1.29 bits per heavy atom. The highest BCUT2D eigenvalue weighted by atomic mass is 31.2. The Bertz CT molecular complexity index is 4100. The topological polar surface area (TPSA) is 435 Å². The predicted molar refractivity (Wildman–Crippen MR) is 386 cm³/mol. The van der Waals surface area contributed by atoms with Crippen LogP contribution in [0.25, 0.3) is 44.7 Å². The fourth-order valence-electron chi connectivity index (χ4n) is 12.4. The number of nitrogen functional groups attached to an aromatic ring is 4. The smallest absolute Gasteiger partial charge is 0.239 e. The first-order valence-corrected chi connectivity index (χ1v) is 43.7. The van der Waals surface area contributed by atoms with Crippen LogP contribution in [0.3, 0.4) is 0 Å². The number of nitrogens with zero attached hydrogens (tertiary/aromatic N) is 12. The average Bonchev–Trinajstić information content (AvgIpc) is 1.58. The Morgan fingerprint density at radius 2 is 0.854 bits per heavy atom. The van der Waals surface area contributed by atoms with Gasteiger partial charge in [-0.2, -0.15) is 0 Å². The number of anilines is 4. The molecule has 5 fully saturated rings. The molecule has 5 aliphatic rings. The van der Waals surface area contributed by atoms with Gasteiger partial charge in [0.25, 0.3) is 0 Å². The standard InChI is InChI=1S/C16H23N4O3P.2C16H25N4O3P.C15H23N4O4P/c1-24(2,3)7-5-16-8-22-12(13(16)21)15(23-16)20-9-19-11-10(17)4-6-18-14(11)20;1-16(6-8-24(2,3)4)13(22)12(21)15(23-16)20-9-19-11-10(17)5-7-18-14(11)20;1-16(22)13(21)11(6-8-24(2,3)4)23-15(16)20-9-19-12-10(17)5-7-18-14(12)20;1-24(2,3)7-5-10-12(20)15(21,22)14(23-10)19-8-18-11-9(16)4-6-17-13(11)19/h4,6,9,12-13,15,21H,1,5,7-8H2,2-3H3,(H2,17,18);5,7,9,12-13,15,21-22H,2,6,8H2,1,3-4H3,(H2,17,18);5,7,9,11,13,15,21-22H,2,6,8H2,1,3-4H3,(H2,17,18);4,6,8,10,12,14,20-22H,1,5,7H2,2-3H3,(H2,16,17)/t12-,13+,15-,16+;12-,13+,15-,16-;11-,13-,15-,16-;10-,12-,14-/m1111/s1. The summed E-state index contributed by atoms with van der Waals surface area (Å²) in [6.45, 7) is 15.9. The third-order valence-corrected chi connectivity index (χ3v) is 24.1. The van der Waals surface area contributed by atoms with E-state index in [9.17, 15) is 40.9 Å². The van der Waals surface area contributed by atoms with Crippen LogP contribution in [-0.4, -0.2) is 280 Å². The zero-order valence-electron chi connectivity index (χ0n) is 56.1. The quantitative estimate of drug-likeness (QED) is 0.0487. The molecular weight excluding hydrogens is 1310 g/mol. The minimum absolute atomic E-state index is 0.366. The number of aliphatic hydroxyl groups is 8. The van der Waals surface area contributed by atoms with E-state index < -0.39 is 124 Å². The molecule has 8 aromatic rings. The number of imidazole rings is 4. The zero-order valence-corrected chi connectivity index (χ0v) is 59.7. The van der Waals surface area contributed by atoms with Crippen molar-refractivity contribution in [1.82, 2.24) is 58.1 Å². The van der Waals surface area contributed by atoms with Crippen LogP contribution >= 0.6 is 27.5 Å².